The number of rotatable bonds is 7. The van der Waals surface area contributed by atoms with Gasteiger partial charge in [-0.25, -0.2) is 0 Å². The zero-order valence-corrected chi connectivity index (χ0v) is 13.7. The highest BCUT2D eigenvalue weighted by molar-refractivity contribution is 8.76. The first-order valence-corrected chi connectivity index (χ1v) is 8.55. The van der Waals surface area contributed by atoms with Crippen LogP contribution in [-0.4, -0.2) is 30.4 Å². The molecule has 0 spiro atoms. The molecular formula is C16H20N2O4S2. The number of hydrogen-bond donors (Lipinski definition) is 4. The number of aryl methyl sites for hydroxylation is 2. The van der Waals surface area contributed by atoms with Crippen molar-refractivity contribution in [2.45, 2.75) is 38.3 Å². The zero-order chi connectivity index (χ0) is 26.3. The number of aromatic hydroxyl groups is 2. The van der Waals surface area contributed by atoms with E-state index in [0.717, 1.165) is 12.4 Å². The van der Waals surface area contributed by atoms with Crippen LogP contribution in [0.3, 0.4) is 0 Å². The van der Waals surface area contributed by atoms with Crippen molar-refractivity contribution in [3.63, 3.8) is 0 Å². The van der Waals surface area contributed by atoms with Gasteiger partial charge >= 0.3 is 0 Å². The average Bonchev–Trinajstić information content (AvgIpc) is 2.70. The van der Waals surface area contributed by atoms with Crippen LogP contribution in [0.1, 0.15) is 47.3 Å². The molecule has 0 unspecified atom stereocenters. The van der Waals surface area contributed by atoms with Gasteiger partial charge in [0.15, 0.2) is 0 Å². The van der Waals surface area contributed by atoms with Gasteiger partial charge in [-0.2, -0.15) is 0 Å². The van der Waals surface area contributed by atoms with Gasteiger partial charge in [0.25, 0.3) is 0 Å². The summed E-state index contributed by atoms with van der Waals surface area (Å²) < 4.78 is 77.4. The molecule has 0 saturated carbocycles. The standard InChI is InChI=1S/C16H20N2O4S2/c1-9-15(21)13(5-19)11(3-17-9)7-23-24-8-12-4-18-10(2)16(22)14(12)6-20/h3-4,19-22H,5-8H2,1-2H3/i1D3,2D3,7D2,8D2. The van der Waals surface area contributed by atoms with Crippen LogP contribution in [-0.2, 0) is 24.6 Å². The molecule has 2 rings (SSSR count). The van der Waals surface area contributed by atoms with E-state index in [1.54, 1.807) is 0 Å². The van der Waals surface area contributed by atoms with E-state index < -0.39 is 83.5 Å². The van der Waals surface area contributed by atoms with Crippen LogP contribution in [0.15, 0.2) is 12.4 Å². The van der Waals surface area contributed by atoms with E-state index in [0.29, 0.717) is 0 Å². The predicted molar refractivity (Wildman–Crippen MR) is 95.7 cm³/mol. The third kappa shape index (κ3) is 4.13. The summed E-state index contributed by atoms with van der Waals surface area (Å²) in [5.74, 6) is -1.82. The summed E-state index contributed by atoms with van der Waals surface area (Å²) in [4.78, 5) is 7.18. The lowest BCUT2D eigenvalue weighted by molar-refractivity contribution is 0.273. The molecule has 2 heterocycles. The summed E-state index contributed by atoms with van der Waals surface area (Å²) in [6, 6.07) is 0. The number of aromatic nitrogens is 2. The minimum absolute atomic E-state index is 0.290. The number of aliphatic hydroxyl groups is 2. The lowest BCUT2D eigenvalue weighted by atomic mass is 10.1. The molecule has 0 atom stereocenters. The molecule has 0 aliphatic rings. The lowest BCUT2D eigenvalue weighted by Gasteiger charge is -2.12. The second-order valence-electron chi connectivity index (χ2n) is 4.38. The third-order valence-electron chi connectivity index (χ3n) is 2.98. The first-order chi connectivity index (χ1) is 15.4. The molecule has 0 bridgehead atoms. The fraction of sp³-hybridized carbons (Fsp3) is 0.375. The first kappa shape index (κ1) is 9.28. The van der Waals surface area contributed by atoms with Crippen molar-refractivity contribution < 1.29 is 34.1 Å². The maximum atomic E-state index is 10.2. The van der Waals surface area contributed by atoms with E-state index in [9.17, 15) is 20.4 Å². The summed E-state index contributed by atoms with van der Waals surface area (Å²) in [5, 5.41) is 39.7. The highest BCUT2D eigenvalue weighted by atomic mass is 33.1. The Hall–Kier alpha value is -1.48. The van der Waals surface area contributed by atoms with Gasteiger partial charge in [-0.1, -0.05) is 21.6 Å². The number of pyridine rings is 2. The Labute approximate surface area is 162 Å². The van der Waals surface area contributed by atoms with E-state index in [4.69, 9.17) is 13.7 Å². The summed E-state index contributed by atoms with van der Waals surface area (Å²) in [7, 11) is 0.580. The Morgan fingerprint density at radius 1 is 0.917 bits per heavy atom. The molecule has 0 aliphatic carbocycles. The average molecular weight is 379 g/mol. The second kappa shape index (κ2) is 8.57. The fourth-order valence-electron chi connectivity index (χ4n) is 1.70. The Morgan fingerprint density at radius 3 is 1.67 bits per heavy atom. The van der Waals surface area contributed by atoms with Gasteiger partial charge in [0.2, 0.25) is 0 Å². The Balaban J connectivity index is 2.43. The van der Waals surface area contributed by atoms with Gasteiger partial charge in [0, 0.05) is 48.6 Å². The molecular weight excluding hydrogens is 348 g/mol. The largest absolute Gasteiger partial charge is 0.506 e. The summed E-state index contributed by atoms with van der Waals surface area (Å²) in [6.07, 6.45) is 1.65. The number of hydrogen-bond acceptors (Lipinski definition) is 8. The van der Waals surface area contributed by atoms with Gasteiger partial charge in [0.05, 0.1) is 24.6 Å². The van der Waals surface area contributed by atoms with Gasteiger partial charge < -0.3 is 20.4 Å². The van der Waals surface area contributed by atoms with Crippen molar-refractivity contribution in [1.29, 1.82) is 0 Å². The van der Waals surface area contributed by atoms with Crippen molar-refractivity contribution in [3.05, 3.63) is 46.0 Å². The van der Waals surface area contributed by atoms with E-state index in [-0.39, 0.29) is 21.6 Å². The smallest absolute Gasteiger partial charge is 0.142 e. The third-order valence-corrected chi connectivity index (χ3v) is 4.42. The van der Waals surface area contributed by atoms with Crippen molar-refractivity contribution in [3.8, 4) is 11.5 Å². The lowest BCUT2D eigenvalue weighted by Crippen LogP contribution is -1.98. The molecule has 130 valence electrons. The normalized spacial score (nSPS) is 19.4. The van der Waals surface area contributed by atoms with E-state index in [1.807, 2.05) is 0 Å². The minimum atomic E-state index is -2.82. The van der Waals surface area contributed by atoms with Crippen LogP contribution in [0.5, 0.6) is 11.5 Å². The molecule has 0 amide bonds. The molecule has 24 heavy (non-hydrogen) atoms. The predicted octanol–water partition coefficient (Wildman–Crippen LogP) is 2.57. The molecule has 2 aromatic rings. The molecule has 0 aliphatic heterocycles. The highest BCUT2D eigenvalue weighted by Gasteiger charge is 2.13. The molecule has 0 aromatic carbocycles. The Bertz CT molecular complexity index is 980. The number of aliphatic hydroxyl groups excluding tert-OH is 2. The van der Waals surface area contributed by atoms with Crippen molar-refractivity contribution in [2.24, 2.45) is 0 Å². The number of nitrogens with zero attached hydrogens (tertiary/aromatic N) is 2. The molecule has 2 aromatic heterocycles. The topological polar surface area (TPSA) is 107 Å². The molecule has 0 radical (unpaired) electrons. The molecule has 8 heteroatoms. The molecule has 4 N–H and O–H groups in total. The van der Waals surface area contributed by atoms with E-state index in [2.05, 4.69) is 9.97 Å². The van der Waals surface area contributed by atoms with E-state index >= 15 is 0 Å². The van der Waals surface area contributed by atoms with Gasteiger partial charge in [-0.3, -0.25) is 9.97 Å². The summed E-state index contributed by atoms with van der Waals surface area (Å²) in [5.41, 5.74) is -8.14. The fourth-order valence-corrected chi connectivity index (χ4v) is 3.11. The van der Waals surface area contributed by atoms with Crippen molar-refractivity contribution in [1.82, 2.24) is 9.97 Å². The van der Waals surface area contributed by atoms with Gasteiger partial charge in [-0.05, 0) is 24.8 Å². The molecule has 0 saturated heterocycles. The molecule has 6 nitrogen and oxygen atoms in total. The minimum Gasteiger partial charge on any atom is -0.506 e. The van der Waals surface area contributed by atoms with Gasteiger partial charge in [-0.15, -0.1) is 0 Å². The van der Waals surface area contributed by atoms with Crippen LogP contribution in [0, 0.1) is 13.7 Å². The molecule has 0 fully saturated rings. The van der Waals surface area contributed by atoms with Crippen molar-refractivity contribution in [2.75, 3.05) is 0 Å². The van der Waals surface area contributed by atoms with Crippen LogP contribution in [0.4, 0.5) is 0 Å². The summed E-state index contributed by atoms with van der Waals surface area (Å²) in [6.45, 7) is -7.49. The maximum Gasteiger partial charge on any atom is 0.142 e. The van der Waals surface area contributed by atoms with E-state index in [1.165, 1.54) is 0 Å². The maximum absolute atomic E-state index is 10.2. The van der Waals surface area contributed by atoms with Crippen molar-refractivity contribution >= 4 is 21.6 Å². The summed E-state index contributed by atoms with van der Waals surface area (Å²) >= 11 is 0. The zero-order valence-electron chi connectivity index (χ0n) is 22.1. The van der Waals surface area contributed by atoms with Crippen LogP contribution in [0.25, 0.3) is 0 Å². The Morgan fingerprint density at radius 2 is 1.33 bits per heavy atom. The van der Waals surface area contributed by atoms with Crippen LogP contribution >= 0.6 is 21.6 Å². The highest BCUT2D eigenvalue weighted by Crippen LogP contribution is 2.35. The van der Waals surface area contributed by atoms with Crippen LogP contribution in [0.2, 0.25) is 0 Å². The SMILES string of the molecule is [2H]C([2H])([2H])c1ncc(C([2H])([2H])SSC([2H])([2H])c2cnc(C([2H])([2H])[2H])c(O)c2CO)c(CO)c1O. The van der Waals surface area contributed by atoms with Gasteiger partial charge in [0.1, 0.15) is 11.5 Å². The quantitative estimate of drug-likeness (QED) is 0.545. The monoisotopic (exact) mass is 378 g/mol. The van der Waals surface area contributed by atoms with Crippen LogP contribution < -0.4 is 0 Å². The second-order valence-corrected chi connectivity index (χ2v) is 6.12. The Kier molecular flexibility index (Phi) is 3.31. The first-order valence-electron chi connectivity index (χ1n) is 11.4.